The number of aromatic nitrogens is 1. The zero-order valence-corrected chi connectivity index (χ0v) is 8.29. The second kappa shape index (κ2) is 3.71. The summed E-state index contributed by atoms with van der Waals surface area (Å²) in [6.07, 6.45) is 10.2. The molecule has 2 rings (SSSR count). The second-order valence-corrected chi connectivity index (χ2v) is 3.54. The van der Waals surface area contributed by atoms with Crippen LogP contribution in [-0.4, -0.2) is 12.1 Å². The number of fused-ring (bicyclic) bond motifs is 1. The lowest BCUT2D eigenvalue weighted by atomic mass is 9.87. The van der Waals surface area contributed by atoms with Crippen LogP contribution in [0.15, 0.2) is 12.3 Å². The number of aryl methyl sites for hydroxylation is 1. The van der Waals surface area contributed by atoms with E-state index in [1.54, 1.807) is 13.3 Å². The Kier molecular flexibility index (Phi) is 2.41. The van der Waals surface area contributed by atoms with E-state index in [1.165, 1.54) is 5.56 Å². The maximum atomic E-state index is 5.44. The third-order valence-corrected chi connectivity index (χ3v) is 2.74. The molecule has 0 radical (unpaired) electrons. The van der Waals surface area contributed by atoms with Crippen LogP contribution in [-0.2, 0) is 12.8 Å². The maximum Gasteiger partial charge on any atom is 0.125 e. The Bertz CT molecular complexity index is 364. The van der Waals surface area contributed by atoms with Crippen LogP contribution < -0.4 is 4.74 Å². The highest BCUT2D eigenvalue weighted by atomic mass is 16.5. The fraction of sp³-hybridized carbons (Fsp3) is 0.417. The van der Waals surface area contributed by atoms with Crippen LogP contribution in [0.25, 0.3) is 0 Å². The predicted octanol–water partition coefficient (Wildman–Crippen LogP) is 1.83. The van der Waals surface area contributed by atoms with Gasteiger partial charge < -0.3 is 4.74 Å². The van der Waals surface area contributed by atoms with Crippen molar-refractivity contribution in [2.45, 2.75) is 19.3 Å². The summed E-state index contributed by atoms with van der Waals surface area (Å²) in [5.41, 5.74) is 2.35. The summed E-state index contributed by atoms with van der Waals surface area (Å²) in [5, 5.41) is 0. The van der Waals surface area contributed by atoms with Gasteiger partial charge >= 0.3 is 0 Å². The van der Waals surface area contributed by atoms with Crippen molar-refractivity contribution in [1.82, 2.24) is 4.98 Å². The van der Waals surface area contributed by atoms with E-state index in [1.807, 2.05) is 6.07 Å². The van der Waals surface area contributed by atoms with Gasteiger partial charge in [-0.15, -0.1) is 12.3 Å². The SMILES string of the molecule is C#CC1CCc2nccc(OC)c2C1. The first-order chi connectivity index (χ1) is 6.85. The molecule has 0 spiro atoms. The van der Waals surface area contributed by atoms with Crippen molar-refractivity contribution in [3.8, 4) is 18.1 Å². The minimum atomic E-state index is 0.348. The van der Waals surface area contributed by atoms with Crippen LogP contribution in [0.1, 0.15) is 17.7 Å². The van der Waals surface area contributed by atoms with Gasteiger partial charge in [-0.1, -0.05) is 0 Å². The van der Waals surface area contributed by atoms with Crippen molar-refractivity contribution in [3.05, 3.63) is 23.5 Å². The standard InChI is InChI=1S/C12H13NO/c1-3-9-4-5-11-10(8-9)12(14-2)6-7-13-11/h1,6-7,9H,4-5,8H2,2H3. The van der Waals surface area contributed by atoms with Crippen LogP contribution in [0, 0.1) is 18.3 Å². The van der Waals surface area contributed by atoms with Crippen molar-refractivity contribution < 1.29 is 4.74 Å². The van der Waals surface area contributed by atoms with Gasteiger partial charge in [-0.25, -0.2) is 0 Å². The average molecular weight is 187 g/mol. The first-order valence-corrected chi connectivity index (χ1v) is 4.82. The maximum absolute atomic E-state index is 5.44. The summed E-state index contributed by atoms with van der Waals surface area (Å²) < 4.78 is 5.30. The fourth-order valence-electron chi connectivity index (χ4n) is 1.94. The monoisotopic (exact) mass is 187 g/mol. The molecule has 0 amide bonds. The minimum Gasteiger partial charge on any atom is -0.496 e. The summed E-state index contributed by atoms with van der Waals surface area (Å²) in [6.45, 7) is 0. The molecular formula is C12H13NO. The van der Waals surface area contributed by atoms with E-state index in [9.17, 15) is 0 Å². The van der Waals surface area contributed by atoms with E-state index < -0.39 is 0 Å². The molecule has 0 saturated carbocycles. The van der Waals surface area contributed by atoms with Crippen LogP contribution in [0.5, 0.6) is 5.75 Å². The number of nitrogens with zero attached hydrogens (tertiary/aromatic N) is 1. The zero-order chi connectivity index (χ0) is 9.97. The van der Waals surface area contributed by atoms with Crippen LogP contribution in [0.2, 0.25) is 0 Å². The van der Waals surface area contributed by atoms with Gasteiger partial charge in [-0.2, -0.15) is 0 Å². The molecule has 72 valence electrons. The zero-order valence-electron chi connectivity index (χ0n) is 8.29. The number of pyridine rings is 1. The van der Waals surface area contributed by atoms with Crippen molar-refractivity contribution in [2.75, 3.05) is 7.11 Å². The molecule has 0 aliphatic heterocycles. The lowest BCUT2D eigenvalue weighted by Crippen LogP contribution is -2.14. The summed E-state index contributed by atoms with van der Waals surface area (Å²) >= 11 is 0. The molecular weight excluding hydrogens is 174 g/mol. The Morgan fingerprint density at radius 3 is 3.21 bits per heavy atom. The highest BCUT2D eigenvalue weighted by Gasteiger charge is 2.20. The molecule has 2 nitrogen and oxygen atoms in total. The Morgan fingerprint density at radius 1 is 1.64 bits per heavy atom. The molecule has 0 bridgehead atoms. The third kappa shape index (κ3) is 1.46. The average Bonchev–Trinajstić information content (AvgIpc) is 2.27. The summed E-state index contributed by atoms with van der Waals surface area (Å²) in [7, 11) is 1.69. The van der Waals surface area contributed by atoms with Gasteiger partial charge in [-0.05, 0) is 25.3 Å². The van der Waals surface area contributed by atoms with E-state index in [4.69, 9.17) is 11.2 Å². The normalized spacial score (nSPS) is 19.6. The highest BCUT2D eigenvalue weighted by Crippen LogP contribution is 2.30. The van der Waals surface area contributed by atoms with E-state index >= 15 is 0 Å². The Hall–Kier alpha value is -1.49. The Balaban J connectivity index is 2.38. The van der Waals surface area contributed by atoms with Crippen molar-refractivity contribution in [3.63, 3.8) is 0 Å². The molecule has 1 aliphatic carbocycles. The smallest absolute Gasteiger partial charge is 0.125 e. The number of terminal acetylenes is 1. The summed E-state index contributed by atoms with van der Waals surface area (Å²) in [4.78, 5) is 4.35. The number of hydrogen-bond acceptors (Lipinski definition) is 2. The number of ether oxygens (including phenoxy) is 1. The number of hydrogen-bond donors (Lipinski definition) is 0. The lowest BCUT2D eigenvalue weighted by molar-refractivity contribution is 0.400. The molecule has 1 unspecified atom stereocenters. The second-order valence-electron chi connectivity index (χ2n) is 3.54. The fourth-order valence-corrected chi connectivity index (χ4v) is 1.94. The van der Waals surface area contributed by atoms with Crippen molar-refractivity contribution >= 4 is 0 Å². The van der Waals surface area contributed by atoms with Gasteiger partial charge in [0, 0.05) is 23.4 Å². The summed E-state index contributed by atoms with van der Waals surface area (Å²) in [5.74, 6) is 4.09. The summed E-state index contributed by atoms with van der Waals surface area (Å²) in [6, 6.07) is 1.90. The number of rotatable bonds is 1. The van der Waals surface area contributed by atoms with Crippen LogP contribution >= 0.6 is 0 Å². The topological polar surface area (TPSA) is 22.1 Å². The van der Waals surface area contributed by atoms with Crippen LogP contribution in [0.4, 0.5) is 0 Å². The third-order valence-electron chi connectivity index (χ3n) is 2.74. The van der Waals surface area contributed by atoms with Gasteiger partial charge in [0.15, 0.2) is 0 Å². The molecule has 0 fully saturated rings. The van der Waals surface area contributed by atoms with E-state index in [0.717, 1.165) is 30.7 Å². The highest BCUT2D eigenvalue weighted by molar-refractivity contribution is 5.38. The van der Waals surface area contributed by atoms with E-state index in [-0.39, 0.29) is 0 Å². The molecule has 1 aromatic heterocycles. The molecule has 1 atom stereocenters. The molecule has 14 heavy (non-hydrogen) atoms. The molecule has 1 heterocycles. The number of methoxy groups -OCH3 is 1. The first-order valence-electron chi connectivity index (χ1n) is 4.82. The molecule has 1 aromatic rings. The minimum absolute atomic E-state index is 0.348. The molecule has 0 saturated heterocycles. The molecule has 0 N–H and O–H groups in total. The predicted molar refractivity (Wildman–Crippen MR) is 55.1 cm³/mol. The Morgan fingerprint density at radius 2 is 2.50 bits per heavy atom. The van der Waals surface area contributed by atoms with Crippen molar-refractivity contribution in [1.29, 1.82) is 0 Å². The van der Waals surface area contributed by atoms with Crippen molar-refractivity contribution in [2.24, 2.45) is 5.92 Å². The van der Waals surface area contributed by atoms with Gasteiger partial charge in [-0.3, -0.25) is 4.98 Å². The van der Waals surface area contributed by atoms with Crippen LogP contribution in [0.3, 0.4) is 0 Å². The van der Waals surface area contributed by atoms with Gasteiger partial charge in [0.05, 0.1) is 7.11 Å². The Labute approximate surface area is 84.3 Å². The van der Waals surface area contributed by atoms with Gasteiger partial charge in [0.25, 0.3) is 0 Å². The largest absolute Gasteiger partial charge is 0.496 e. The van der Waals surface area contributed by atoms with E-state index in [0.29, 0.717) is 5.92 Å². The molecule has 0 aromatic carbocycles. The van der Waals surface area contributed by atoms with Gasteiger partial charge in [0.1, 0.15) is 5.75 Å². The quantitative estimate of drug-likeness (QED) is 0.626. The van der Waals surface area contributed by atoms with E-state index in [2.05, 4.69) is 10.9 Å². The van der Waals surface area contributed by atoms with Gasteiger partial charge in [0.2, 0.25) is 0 Å². The first kappa shape index (κ1) is 9.08. The molecule has 1 aliphatic rings. The lowest BCUT2D eigenvalue weighted by Gasteiger charge is -2.21. The molecule has 2 heteroatoms.